The topological polar surface area (TPSA) is 95.6 Å². The fourth-order valence-corrected chi connectivity index (χ4v) is 4.88. The Morgan fingerprint density at radius 2 is 1.88 bits per heavy atom. The predicted octanol–water partition coefficient (Wildman–Crippen LogP) is 3.92. The van der Waals surface area contributed by atoms with E-state index in [2.05, 4.69) is 10.0 Å². The van der Waals surface area contributed by atoms with Crippen LogP contribution >= 0.6 is 11.6 Å². The highest BCUT2D eigenvalue weighted by Gasteiger charge is 2.27. The van der Waals surface area contributed by atoms with Gasteiger partial charge in [0.2, 0.25) is 11.8 Å². The van der Waals surface area contributed by atoms with Gasteiger partial charge in [-0.2, -0.15) is 0 Å². The van der Waals surface area contributed by atoms with Crippen LogP contribution in [0.2, 0.25) is 5.02 Å². The fraction of sp³-hybridized carbons (Fsp3) is 0.333. The van der Waals surface area contributed by atoms with Gasteiger partial charge in [0.15, 0.2) is 0 Å². The van der Waals surface area contributed by atoms with E-state index < -0.39 is 10.0 Å². The van der Waals surface area contributed by atoms with Crippen molar-refractivity contribution in [2.24, 2.45) is 5.92 Å². The molecule has 2 amide bonds. The molecule has 1 atom stereocenters. The van der Waals surface area contributed by atoms with Crippen LogP contribution in [0.5, 0.6) is 0 Å². The van der Waals surface area contributed by atoms with Gasteiger partial charge in [0.1, 0.15) is 0 Å². The van der Waals surface area contributed by atoms with Gasteiger partial charge in [-0.3, -0.25) is 14.3 Å². The third kappa shape index (κ3) is 6.82. The standard InChI is InChI=1S/C24H28ClN3O4S/c1-2-15-26-24(30)19-6-5-16-28(17-19)23(29)14-11-18-9-12-20(13-10-18)33(31,32)27-22-8-4-3-7-21(22)25/h3-4,7-14,19,27H,2,5-6,15-17H2,1H3,(H,26,30)/b14-11+. The minimum atomic E-state index is -3.79. The van der Waals surface area contributed by atoms with Crippen molar-refractivity contribution in [2.75, 3.05) is 24.4 Å². The number of likely N-dealkylation sites (tertiary alicyclic amines) is 1. The molecule has 2 aromatic rings. The third-order valence-electron chi connectivity index (χ3n) is 5.38. The van der Waals surface area contributed by atoms with E-state index in [4.69, 9.17) is 11.6 Å². The highest BCUT2D eigenvalue weighted by molar-refractivity contribution is 7.92. The van der Waals surface area contributed by atoms with Crippen LogP contribution in [0.4, 0.5) is 5.69 Å². The molecule has 2 N–H and O–H groups in total. The number of carbonyl (C=O) groups is 2. The summed E-state index contributed by atoms with van der Waals surface area (Å²) in [5, 5.41) is 3.21. The number of carbonyl (C=O) groups excluding carboxylic acids is 2. The first-order valence-corrected chi connectivity index (χ1v) is 12.8. The number of nitrogens with zero attached hydrogens (tertiary/aromatic N) is 1. The van der Waals surface area contributed by atoms with Gasteiger partial charge in [0, 0.05) is 25.7 Å². The summed E-state index contributed by atoms with van der Waals surface area (Å²) in [6.45, 7) is 3.66. The maximum atomic E-state index is 12.6. The number of rotatable bonds is 8. The smallest absolute Gasteiger partial charge is 0.261 e. The summed E-state index contributed by atoms with van der Waals surface area (Å²) in [7, 11) is -3.79. The maximum absolute atomic E-state index is 12.6. The molecule has 0 aromatic heterocycles. The van der Waals surface area contributed by atoms with E-state index >= 15 is 0 Å². The molecule has 0 bridgehead atoms. The molecule has 3 rings (SSSR count). The number of piperidine rings is 1. The number of benzene rings is 2. The Kier molecular flexibility index (Phi) is 8.52. The average molecular weight is 490 g/mol. The summed E-state index contributed by atoms with van der Waals surface area (Å²) >= 11 is 6.03. The van der Waals surface area contributed by atoms with Crippen molar-refractivity contribution >= 4 is 45.2 Å². The van der Waals surface area contributed by atoms with Crippen molar-refractivity contribution in [1.82, 2.24) is 10.2 Å². The Morgan fingerprint density at radius 3 is 2.58 bits per heavy atom. The van der Waals surface area contributed by atoms with E-state index in [1.54, 1.807) is 47.4 Å². The second kappa shape index (κ2) is 11.3. The summed E-state index contributed by atoms with van der Waals surface area (Å²) in [6.07, 6.45) is 5.54. The van der Waals surface area contributed by atoms with Crippen LogP contribution in [0.3, 0.4) is 0 Å². The molecule has 1 fully saturated rings. The van der Waals surface area contributed by atoms with Gasteiger partial charge in [-0.05, 0) is 55.2 Å². The van der Waals surface area contributed by atoms with E-state index in [1.165, 1.54) is 18.2 Å². The molecule has 9 heteroatoms. The molecule has 7 nitrogen and oxygen atoms in total. The van der Waals surface area contributed by atoms with Gasteiger partial charge in [-0.25, -0.2) is 8.42 Å². The lowest BCUT2D eigenvalue weighted by Crippen LogP contribution is -2.45. The highest BCUT2D eigenvalue weighted by Crippen LogP contribution is 2.24. The molecule has 1 aliphatic rings. The first-order valence-electron chi connectivity index (χ1n) is 10.9. The van der Waals surface area contributed by atoms with Gasteiger partial charge in [-0.15, -0.1) is 0 Å². The highest BCUT2D eigenvalue weighted by atomic mass is 35.5. The van der Waals surface area contributed by atoms with E-state index in [1.807, 2.05) is 6.92 Å². The van der Waals surface area contributed by atoms with E-state index in [-0.39, 0.29) is 22.6 Å². The van der Waals surface area contributed by atoms with Crippen molar-refractivity contribution < 1.29 is 18.0 Å². The summed E-state index contributed by atoms with van der Waals surface area (Å²) in [4.78, 5) is 26.6. The number of hydrogen-bond donors (Lipinski definition) is 2. The number of nitrogens with one attached hydrogen (secondary N) is 2. The quantitative estimate of drug-likeness (QED) is 0.549. The van der Waals surface area contributed by atoms with Gasteiger partial charge < -0.3 is 10.2 Å². The van der Waals surface area contributed by atoms with E-state index in [0.717, 1.165) is 19.3 Å². The normalized spacial score (nSPS) is 16.5. The molecule has 33 heavy (non-hydrogen) atoms. The number of para-hydroxylation sites is 1. The van der Waals surface area contributed by atoms with Gasteiger partial charge >= 0.3 is 0 Å². The first-order chi connectivity index (χ1) is 15.8. The minimum absolute atomic E-state index is 0.000488. The second-order valence-corrected chi connectivity index (χ2v) is 9.99. The number of sulfonamides is 1. The van der Waals surface area contributed by atoms with Crippen molar-refractivity contribution in [2.45, 2.75) is 31.1 Å². The first kappa shape index (κ1) is 24.8. The van der Waals surface area contributed by atoms with Crippen molar-refractivity contribution in [1.29, 1.82) is 0 Å². The molecule has 0 spiro atoms. The van der Waals surface area contributed by atoms with E-state index in [9.17, 15) is 18.0 Å². The van der Waals surface area contributed by atoms with Crippen molar-refractivity contribution in [3.63, 3.8) is 0 Å². The second-order valence-electron chi connectivity index (χ2n) is 7.90. The fourth-order valence-electron chi connectivity index (χ4n) is 3.56. The Balaban J connectivity index is 1.61. The molecule has 0 saturated carbocycles. The Labute approximate surface area is 199 Å². The molecule has 0 radical (unpaired) electrons. The van der Waals surface area contributed by atoms with Crippen LogP contribution in [0.25, 0.3) is 6.08 Å². The summed E-state index contributed by atoms with van der Waals surface area (Å²) in [6, 6.07) is 12.8. The predicted molar refractivity (Wildman–Crippen MR) is 130 cm³/mol. The van der Waals surface area contributed by atoms with Gasteiger partial charge in [-0.1, -0.05) is 42.8 Å². The number of anilines is 1. The largest absolute Gasteiger partial charge is 0.356 e. The lowest BCUT2D eigenvalue weighted by Gasteiger charge is -2.31. The Bertz CT molecular complexity index is 1120. The molecule has 1 aliphatic heterocycles. The zero-order valence-electron chi connectivity index (χ0n) is 18.5. The van der Waals surface area contributed by atoms with Crippen LogP contribution < -0.4 is 10.0 Å². The SMILES string of the molecule is CCCNC(=O)C1CCCN(C(=O)/C=C/c2ccc(S(=O)(=O)Nc3ccccc3Cl)cc2)C1. The Morgan fingerprint density at radius 1 is 1.15 bits per heavy atom. The van der Waals surface area contributed by atoms with Crippen molar-refractivity contribution in [3.05, 3.63) is 65.2 Å². The minimum Gasteiger partial charge on any atom is -0.356 e. The lowest BCUT2D eigenvalue weighted by molar-refractivity contribution is -0.132. The number of hydrogen-bond acceptors (Lipinski definition) is 4. The molecule has 1 unspecified atom stereocenters. The van der Waals surface area contributed by atoms with Gasteiger partial charge in [0.05, 0.1) is 21.5 Å². The van der Waals surface area contributed by atoms with Crippen LogP contribution in [0.1, 0.15) is 31.7 Å². The third-order valence-corrected chi connectivity index (χ3v) is 7.09. The molecule has 1 heterocycles. The molecular weight excluding hydrogens is 462 g/mol. The van der Waals surface area contributed by atoms with Gasteiger partial charge in [0.25, 0.3) is 10.0 Å². The zero-order valence-corrected chi connectivity index (χ0v) is 20.0. The summed E-state index contributed by atoms with van der Waals surface area (Å²) in [5.74, 6) is -0.349. The maximum Gasteiger partial charge on any atom is 0.261 e. The zero-order chi connectivity index (χ0) is 23.8. The lowest BCUT2D eigenvalue weighted by atomic mass is 9.97. The summed E-state index contributed by atoms with van der Waals surface area (Å²) in [5.41, 5.74) is 0.992. The molecular formula is C24H28ClN3O4S. The van der Waals surface area contributed by atoms with Crippen LogP contribution in [0, 0.1) is 5.92 Å². The average Bonchev–Trinajstić information content (AvgIpc) is 2.82. The monoisotopic (exact) mass is 489 g/mol. The number of amides is 2. The van der Waals surface area contributed by atoms with Crippen LogP contribution in [-0.4, -0.2) is 44.8 Å². The van der Waals surface area contributed by atoms with E-state index in [0.29, 0.717) is 35.9 Å². The Hall–Kier alpha value is -2.84. The summed E-state index contributed by atoms with van der Waals surface area (Å²) < 4.78 is 27.7. The van der Waals surface area contributed by atoms with Crippen molar-refractivity contribution in [3.8, 4) is 0 Å². The molecule has 0 aliphatic carbocycles. The van der Waals surface area contributed by atoms with Crippen LogP contribution in [-0.2, 0) is 19.6 Å². The molecule has 176 valence electrons. The van der Waals surface area contributed by atoms with Crippen LogP contribution in [0.15, 0.2) is 59.5 Å². The number of halogens is 1. The molecule has 2 aromatic carbocycles. The molecule has 1 saturated heterocycles.